The van der Waals surface area contributed by atoms with Gasteiger partial charge in [-0.1, -0.05) is 44.2 Å². The second-order valence-corrected chi connectivity index (χ2v) is 8.63. The second kappa shape index (κ2) is 5.02. The van der Waals surface area contributed by atoms with Crippen LogP contribution in [-0.2, 0) is 9.84 Å². The number of sulfone groups is 1. The van der Waals surface area contributed by atoms with Crippen LogP contribution >= 0.6 is 0 Å². The van der Waals surface area contributed by atoms with Gasteiger partial charge in [-0.3, -0.25) is 0 Å². The van der Waals surface area contributed by atoms with Crippen molar-refractivity contribution in [2.45, 2.75) is 26.3 Å². The van der Waals surface area contributed by atoms with E-state index in [1.165, 1.54) is 0 Å². The molecular formula is C17H21NO2S. The molecule has 112 valence electrons. The van der Waals surface area contributed by atoms with Gasteiger partial charge < -0.3 is 4.90 Å². The van der Waals surface area contributed by atoms with Crippen LogP contribution in [0.3, 0.4) is 0 Å². The van der Waals surface area contributed by atoms with Gasteiger partial charge in [0.25, 0.3) is 0 Å². The van der Waals surface area contributed by atoms with Gasteiger partial charge in [0, 0.05) is 12.2 Å². The fourth-order valence-corrected chi connectivity index (χ4v) is 5.51. The first-order valence-electron chi connectivity index (χ1n) is 7.30. The van der Waals surface area contributed by atoms with Gasteiger partial charge >= 0.3 is 0 Å². The molecule has 1 aliphatic heterocycles. The molecular weight excluding hydrogens is 282 g/mol. The van der Waals surface area contributed by atoms with Crippen molar-refractivity contribution in [2.75, 3.05) is 17.2 Å². The van der Waals surface area contributed by atoms with E-state index in [-0.39, 0.29) is 17.2 Å². The predicted molar refractivity (Wildman–Crippen MR) is 87.0 cm³/mol. The summed E-state index contributed by atoms with van der Waals surface area (Å²) < 4.78 is 25.4. The van der Waals surface area contributed by atoms with Crippen molar-refractivity contribution in [2.24, 2.45) is 5.41 Å². The molecule has 1 aliphatic carbocycles. The van der Waals surface area contributed by atoms with Crippen molar-refractivity contribution in [3.05, 3.63) is 53.5 Å². The summed E-state index contributed by atoms with van der Waals surface area (Å²) in [5, 5.41) is 0. The first kappa shape index (κ1) is 14.4. The zero-order valence-electron chi connectivity index (χ0n) is 12.5. The Balaban J connectivity index is 2.12. The van der Waals surface area contributed by atoms with Crippen LogP contribution in [0, 0.1) is 5.41 Å². The van der Waals surface area contributed by atoms with E-state index >= 15 is 0 Å². The molecule has 0 radical (unpaired) electrons. The predicted octanol–water partition coefficient (Wildman–Crippen LogP) is 3.16. The van der Waals surface area contributed by atoms with Crippen molar-refractivity contribution >= 4 is 15.5 Å². The highest BCUT2D eigenvalue weighted by Crippen LogP contribution is 2.37. The Bertz CT molecular complexity index is 687. The third kappa shape index (κ3) is 2.77. The molecule has 0 saturated carbocycles. The van der Waals surface area contributed by atoms with Gasteiger partial charge in [0.05, 0.1) is 16.7 Å². The van der Waals surface area contributed by atoms with Crippen LogP contribution in [0.15, 0.2) is 53.5 Å². The summed E-state index contributed by atoms with van der Waals surface area (Å²) in [7, 11) is -3.20. The van der Waals surface area contributed by atoms with E-state index in [4.69, 9.17) is 0 Å². The molecule has 1 aromatic carbocycles. The van der Waals surface area contributed by atoms with Gasteiger partial charge in [0.2, 0.25) is 0 Å². The van der Waals surface area contributed by atoms with Gasteiger partial charge in [0.1, 0.15) is 0 Å². The summed E-state index contributed by atoms with van der Waals surface area (Å²) in [6.45, 7) is 4.81. The molecule has 1 aromatic rings. The Labute approximate surface area is 126 Å². The number of anilines is 1. The highest BCUT2D eigenvalue weighted by molar-refractivity contribution is 7.95. The molecule has 0 spiro atoms. The molecule has 1 heterocycles. The minimum Gasteiger partial charge on any atom is -0.363 e. The van der Waals surface area contributed by atoms with Gasteiger partial charge in [-0.05, 0) is 30.0 Å². The number of rotatable bonds is 1. The third-order valence-electron chi connectivity index (χ3n) is 4.09. The molecule has 2 aliphatic rings. The Morgan fingerprint density at radius 1 is 1.19 bits per heavy atom. The van der Waals surface area contributed by atoms with Crippen LogP contribution in [0.4, 0.5) is 5.69 Å². The molecule has 3 rings (SSSR count). The zero-order chi connectivity index (χ0) is 15.1. The van der Waals surface area contributed by atoms with Gasteiger partial charge in [0.15, 0.2) is 9.84 Å². The van der Waals surface area contributed by atoms with Gasteiger partial charge in [-0.25, -0.2) is 8.42 Å². The molecule has 0 N–H and O–H groups in total. The van der Waals surface area contributed by atoms with Crippen molar-refractivity contribution in [1.82, 2.24) is 0 Å². The largest absolute Gasteiger partial charge is 0.363 e. The van der Waals surface area contributed by atoms with Crippen molar-refractivity contribution < 1.29 is 8.42 Å². The van der Waals surface area contributed by atoms with Crippen LogP contribution in [0.25, 0.3) is 0 Å². The maximum atomic E-state index is 12.7. The van der Waals surface area contributed by atoms with E-state index in [1.54, 1.807) is 6.08 Å². The third-order valence-corrected chi connectivity index (χ3v) is 6.37. The van der Waals surface area contributed by atoms with Crippen LogP contribution in [0.5, 0.6) is 0 Å². The summed E-state index contributed by atoms with van der Waals surface area (Å²) in [6.07, 6.45) is 6.44. The lowest BCUT2D eigenvalue weighted by Gasteiger charge is -2.36. The molecule has 1 unspecified atom stereocenters. The number of benzene rings is 1. The minimum absolute atomic E-state index is 0.0795. The Morgan fingerprint density at radius 3 is 2.62 bits per heavy atom. The monoisotopic (exact) mass is 303 g/mol. The van der Waals surface area contributed by atoms with E-state index in [0.29, 0.717) is 4.91 Å². The van der Waals surface area contributed by atoms with Crippen LogP contribution < -0.4 is 4.90 Å². The number of hydrogen-bond donors (Lipinski definition) is 0. The number of nitrogens with zero attached hydrogens (tertiary/aromatic N) is 1. The standard InChI is InChI=1S/C17H21NO2S/c1-17(2)12-18(14-8-4-3-5-9-14)15-10-6-7-11-16(15)21(19,20)13-17/h3-9,11,15H,10,12-13H2,1-2H3. The van der Waals surface area contributed by atoms with E-state index in [2.05, 4.69) is 23.1 Å². The maximum Gasteiger partial charge on any atom is 0.177 e. The van der Waals surface area contributed by atoms with Crippen LogP contribution in [0.1, 0.15) is 20.3 Å². The lowest BCUT2D eigenvalue weighted by atomic mass is 9.93. The highest BCUT2D eigenvalue weighted by atomic mass is 32.2. The second-order valence-electron chi connectivity index (χ2n) is 6.64. The van der Waals surface area contributed by atoms with Crippen molar-refractivity contribution in [3.63, 3.8) is 0 Å². The number of allylic oxidation sites excluding steroid dienone is 2. The van der Waals surface area contributed by atoms with E-state index in [1.807, 2.05) is 38.1 Å². The Morgan fingerprint density at radius 2 is 1.90 bits per heavy atom. The average Bonchev–Trinajstić information content (AvgIpc) is 2.52. The van der Waals surface area contributed by atoms with E-state index in [9.17, 15) is 8.42 Å². The first-order chi connectivity index (χ1) is 9.89. The molecule has 1 saturated heterocycles. The molecule has 21 heavy (non-hydrogen) atoms. The lowest BCUT2D eigenvalue weighted by Crippen LogP contribution is -2.41. The zero-order valence-corrected chi connectivity index (χ0v) is 13.3. The fraction of sp³-hybridized carbons (Fsp3) is 0.412. The van der Waals surface area contributed by atoms with E-state index < -0.39 is 9.84 Å². The topological polar surface area (TPSA) is 37.4 Å². The van der Waals surface area contributed by atoms with Gasteiger partial charge in [-0.15, -0.1) is 0 Å². The molecule has 1 atom stereocenters. The quantitative estimate of drug-likeness (QED) is 0.800. The lowest BCUT2D eigenvalue weighted by molar-refractivity contribution is 0.408. The Kier molecular flexibility index (Phi) is 3.44. The molecule has 0 amide bonds. The molecule has 3 nitrogen and oxygen atoms in total. The van der Waals surface area contributed by atoms with Crippen molar-refractivity contribution in [3.8, 4) is 0 Å². The van der Waals surface area contributed by atoms with Crippen LogP contribution in [-0.4, -0.2) is 26.8 Å². The number of hydrogen-bond acceptors (Lipinski definition) is 3. The number of para-hydroxylation sites is 1. The van der Waals surface area contributed by atoms with Gasteiger partial charge in [-0.2, -0.15) is 0 Å². The average molecular weight is 303 g/mol. The number of fused-ring (bicyclic) bond motifs is 1. The maximum absolute atomic E-state index is 12.7. The molecule has 0 aromatic heterocycles. The summed E-state index contributed by atoms with van der Waals surface area (Å²) in [4.78, 5) is 2.82. The summed E-state index contributed by atoms with van der Waals surface area (Å²) in [6, 6.07) is 10.0. The molecule has 1 fully saturated rings. The van der Waals surface area contributed by atoms with Crippen molar-refractivity contribution in [1.29, 1.82) is 0 Å². The SMILES string of the molecule is CC1(C)CN(c2ccccc2)C2CC=CC=C2S(=O)(=O)C1. The summed E-state index contributed by atoms with van der Waals surface area (Å²) >= 11 is 0. The minimum atomic E-state index is -3.20. The van der Waals surface area contributed by atoms with E-state index in [0.717, 1.165) is 18.7 Å². The molecule has 0 bridgehead atoms. The van der Waals surface area contributed by atoms with Crippen LogP contribution in [0.2, 0.25) is 0 Å². The smallest absolute Gasteiger partial charge is 0.177 e. The highest BCUT2D eigenvalue weighted by Gasteiger charge is 2.41. The fourth-order valence-electron chi connectivity index (χ4n) is 3.29. The molecule has 4 heteroatoms. The summed E-state index contributed by atoms with van der Waals surface area (Å²) in [5.74, 6) is 0.208. The Hall–Kier alpha value is -1.55. The normalized spacial score (nSPS) is 26.7. The summed E-state index contributed by atoms with van der Waals surface area (Å²) in [5.41, 5.74) is 0.821. The first-order valence-corrected chi connectivity index (χ1v) is 8.95.